The lowest BCUT2D eigenvalue weighted by molar-refractivity contribution is -0.131. The number of nitrogens with zero attached hydrogens (tertiary/aromatic N) is 1. The Kier molecular flexibility index (Phi) is 3.45. The van der Waals surface area contributed by atoms with E-state index in [0.29, 0.717) is 18.8 Å². The predicted molar refractivity (Wildman–Crippen MR) is 49.7 cm³/mol. The fourth-order valence-electron chi connectivity index (χ4n) is 1.35. The van der Waals surface area contributed by atoms with Crippen LogP contribution in [0.5, 0.6) is 0 Å². The zero-order chi connectivity index (χ0) is 9.84. The molecule has 0 aromatic heterocycles. The molecule has 0 saturated carbocycles. The van der Waals surface area contributed by atoms with Gasteiger partial charge in [-0.15, -0.1) is 0 Å². The van der Waals surface area contributed by atoms with Gasteiger partial charge in [0.1, 0.15) is 0 Å². The molecule has 4 nitrogen and oxygen atoms in total. The van der Waals surface area contributed by atoms with E-state index in [-0.39, 0.29) is 11.9 Å². The Labute approximate surface area is 78.3 Å². The van der Waals surface area contributed by atoms with Crippen LogP contribution in [0.25, 0.3) is 0 Å². The summed E-state index contributed by atoms with van der Waals surface area (Å²) in [5.74, 6) is 5.49. The van der Waals surface area contributed by atoms with Crippen molar-refractivity contribution >= 4 is 5.91 Å². The normalized spacial score (nSPS) is 18.3. The van der Waals surface area contributed by atoms with Gasteiger partial charge in [0.05, 0.1) is 6.04 Å². The third-order valence-corrected chi connectivity index (χ3v) is 2.18. The average Bonchev–Trinajstić information content (AvgIpc) is 2.17. The van der Waals surface area contributed by atoms with E-state index in [1.54, 1.807) is 6.92 Å². The van der Waals surface area contributed by atoms with Crippen LogP contribution in [0.2, 0.25) is 0 Å². The number of amides is 1. The molecule has 0 aliphatic carbocycles. The minimum absolute atomic E-state index is 0.109. The number of carbonyl (C=O) groups excluding carboxylic acids is 1. The lowest BCUT2D eigenvalue weighted by Gasteiger charge is -2.30. The summed E-state index contributed by atoms with van der Waals surface area (Å²) in [6.45, 7) is 6.60. The number of hydrogen-bond acceptors (Lipinski definition) is 3. The summed E-state index contributed by atoms with van der Waals surface area (Å²) in [5, 5.41) is 1.28. The molecule has 74 valence electrons. The van der Waals surface area contributed by atoms with Crippen LogP contribution in [0.3, 0.4) is 0 Å². The van der Waals surface area contributed by atoms with Crippen LogP contribution in [0.15, 0.2) is 12.2 Å². The topological polar surface area (TPSA) is 55.6 Å². The highest BCUT2D eigenvalue weighted by atomic mass is 16.5. The summed E-state index contributed by atoms with van der Waals surface area (Å²) < 4.78 is 5.17. The summed E-state index contributed by atoms with van der Waals surface area (Å²) in [4.78, 5) is 11.4. The first-order valence-corrected chi connectivity index (χ1v) is 4.44. The molecule has 2 N–H and O–H groups in total. The van der Waals surface area contributed by atoms with Gasteiger partial charge in [0, 0.05) is 18.8 Å². The van der Waals surface area contributed by atoms with Crippen LogP contribution in [0.4, 0.5) is 0 Å². The molecule has 0 bridgehead atoms. The van der Waals surface area contributed by atoms with Gasteiger partial charge in [0.2, 0.25) is 0 Å². The largest absolute Gasteiger partial charge is 0.381 e. The molecule has 1 rings (SSSR count). The Bertz CT molecular complexity index is 210. The van der Waals surface area contributed by atoms with Crippen LogP contribution in [-0.4, -0.2) is 30.2 Å². The van der Waals surface area contributed by atoms with E-state index in [2.05, 4.69) is 6.58 Å². The number of hydrazine groups is 1. The van der Waals surface area contributed by atoms with Gasteiger partial charge in [-0.3, -0.25) is 9.80 Å². The van der Waals surface area contributed by atoms with Crippen molar-refractivity contribution in [1.29, 1.82) is 0 Å². The highest BCUT2D eigenvalue weighted by Crippen LogP contribution is 2.12. The van der Waals surface area contributed by atoms with Crippen LogP contribution in [-0.2, 0) is 9.53 Å². The number of ether oxygens (including phenoxy) is 1. The first-order valence-electron chi connectivity index (χ1n) is 4.44. The molecule has 1 fully saturated rings. The zero-order valence-electron chi connectivity index (χ0n) is 7.95. The van der Waals surface area contributed by atoms with Crippen molar-refractivity contribution in [2.24, 2.45) is 5.84 Å². The standard InChI is InChI=1S/C9H16N2O2/c1-7(2)9(12)11(10)8-3-5-13-6-4-8/h8H,1,3-6,10H2,2H3. The number of hydrogen-bond donors (Lipinski definition) is 1. The molecule has 1 amide bonds. The molecular weight excluding hydrogens is 168 g/mol. The molecule has 1 aliphatic heterocycles. The van der Waals surface area contributed by atoms with Crippen molar-refractivity contribution in [2.75, 3.05) is 13.2 Å². The predicted octanol–water partition coefficient (Wildman–Crippen LogP) is 0.444. The van der Waals surface area contributed by atoms with E-state index in [9.17, 15) is 4.79 Å². The lowest BCUT2D eigenvalue weighted by atomic mass is 10.1. The van der Waals surface area contributed by atoms with Gasteiger partial charge in [-0.1, -0.05) is 6.58 Å². The molecule has 0 unspecified atom stereocenters. The number of rotatable bonds is 2. The van der Waals surface area contributed by atoms with Crippen molar-refractivity contribution in [3.63, 3.8) is 0 Å². The molecule has 1 aliphatic rings. The van der Waals surface area contributed by atoms with Crippen molar-refractivity contribution in [2.45, 2.75) is 25.8 Å². The maximum atomic E-state index is 11.4. The monoisotopic (exact) mass is 184 g/mol. The van der Waals surface area contributed by atoms with E-state index in [1.165, 1.54) is 5.01 Å². The van der Waals surface area contributed by atoms with E-state index in [1.807, 2.05) is 0 Å². The molecule has 1 heterocycles. The Morgan fingerprint density at radius 2 is 2.08 bits per heavy atom. The Morgan fingerprint density at radius 1 is 1.54 bits per heavy atom. The molecule has 13 heavy (non-hydrogen) atoms. The highest BCUT2D eigenvalue weighted by Gasteiger charge is 2.23. The Hall–Kier alpha value is -0.870. The minimum atomic E-state index is -0.174. The second-order valence-electron chi connectivity index (χ2n) is 3.34. The Balaban J connectivity index is 2.49. The molecule has 1 saturated heterocycles. The average molecular weight is 184 g/mol. The third kappa shape index (κ3) is 2.54. The maximum Gasteiger partial charge on any atom is 0.263 e. The summed E-state index contributed by atoms with van der Waals surface area (Å²) >= 11 is 0. The molecule has 0 aromatic rings. The van der Waals surface area contributed by atoms with E-state index < -0.39 is 0 Å². The van der Waals surface area contributed by atoms with Gasteiger partial charge < -0.3 is 4.74 Å². The quantitative estimate of drug-likeness (QED) is 0.293. The van der Waals surface area contributed by atoms with E-state index >= 15 is 0 Å². The minimum Gasteiger partial charge on any atom is -0.381 e. The van der Waals surface area contributed by atoms with Crippen LogP contribution in [0, 0.1) is 0 Å². The molecule has 0 aromatic carbocycles. The van der Waals surface area contributed by atoms with E-state index in [4.69, 9.17) is 10.6 Å². The lowest BCUT2D eigenvalue weighted by Crippen LogP contribution is -2.48. The van der Waals surface area contributed by atoms with Crippen molar-refractivity contribution in [3.8, 4) is 0 Å². The second kappa shape index (κ2) is 4.39. The van der Waals surface area contributed by atoms with Gasteiger partial charge >= 0.3 is 0 Å². The van der Waals surface area contributed by atoms with E-state index in [0.717, 1.165) is 12.8 Å². The highest BCUT2D eigenvalue weighted by molar-refractivity contribution is 5.91. The first-order chi connectivity index (χ1) is 6.13. The van der Waals surface area contributed by atoms with Gasteiger partial charge in [-0.2, -0.15) is 0 Å². The molecule has 0 radical (unpaired) electrons. The third-order valence-electron chi connectivity index (χ3n) is 2.18. The fraction of sp³-hybridized carbons (Fsp3) is 0.667. The number of carbonyl (C=O) groups is 1. The zero-order valence-corrected chi connectivity index (χ0v) is 7.95. The SMILES string of the molecule is C=C(C)C(=O)N(N)C1CCOCC1. The summed E-state index contributed by atoms with van der Waals surface area (Å²) in [7, 11) is 0. The summed E-state index contributed by atoms with van der Waals surface area (Å²) in [5.41, 5.74) is 0.481. The summed E-state index contributed by atoms with van der Waals surface area (Å²) in [6, 6.07) is 0.109. The first kappa shape index (κ1) is 10.2. The molecule has 0 atom stereocenters. The second-order valence-corrected chi connectivity index (χ2v) is 3.34. The van der Waals surface area contributed by atoms with Crippen molar-refractivity contribution in [1.82, 2.24) is 5.01 Å². The van der Waals surface area contributed by atoms with Gasteiger partial charge in [0.25, 0.3) is 5.91 Å². The smallest absolute Gasteiger partial charge is 0.263 e. The van der Waals surface area contributed by atoms with Crippen LogP contribution in [0.1, 0.15) is 19.8 Å². The fourth-order valence-corrected chi connectivity index (χ4v) is 1.35. The molecule has 4 heteroatoms. The van der Waals surface area contributed by atoms with Gasteiger partial charge in [-0.05, 0) is 19.8 Å². The molecule has 0 spiro atoms. The summed E-state index contributed by atoms with van der Waals surface area (Å²) in [6.07, 6.45) is 1.63. The van der Waals surface area contributed by atoms with Crippen LogP contribution < -0.4 is 5.84 Å². The Morgan fingerprint density at radius 3 is 2.54 bits per heavy atom. The van der Waals surface area contributed by atoms with Crippen molar-refractivity contribution in [3.05, 3.63) is 12.2 Å². The number of nitrogens with two attached hydrogens (primary N) is 1. The molecular formula is C9H16N2O2. The van der Waals surface area contributed by atoms with Gasteiger partial charge in [-0.25, -0.2) is 5.84 Å². The van der Waals surface area contributed by atoms with Crippen LogP contribution >= 0.6 is 0 Å². The van der Waals surface area contributed by atoms with Gasteiger partial charge in [0.15, 0.2) is 0 Å². The maximum absolute atomic E-state index is 11.4. The van der Waals surface area contributed by atoms with Crippen molar-refractivity contribution < 1.29 is 9.53 Å².